The van der Waals surface area contributed by atoms with Crippen molar-refractivity contribution in [3.05, 3.63) is 62.5 Å². The normalized spacial score (nSPS) is 12.5. The van der Waals surface area contributed by atoms with Gasteiger partial charge in [0.25, 0.3) is 0 Å². The number of nitrogens with one attached hydrogen (secondary N) is 1. The van der Waals surface area contributed by atoms with Crippen molar-refractivity contribution in [2.45, 2.75) is 5.03 Å². The van der Waals surface area contributed by atoms with Crippen LogP contribution in [-0.2, 0) is 10.8 Å². The third kappa shape index (κ3) is 2.92. The summed E-state index contributed by atoms with van der Waals surface area (Å²) in [4.78, 5) is 15.8. The Morgan fingerprint density at radius 2 is 1.87 bits per heavy atom. The van der Waals surface area contributed by atoms with E-state index in [0.29, 0.717) is 16.1 Å². The zero-order valence-electron chi connectivity index (χ0n) is 11.8. The molecule has 2 aromatic carbocycles. The van der Waals surface area contributed by atoms with Gasteiger partial charge in [0.15, 0.2) is 5.43 Å². The third-order valence-electron chi connectivity index (χ3n) is 3.42. The van der Waals surface area contributed by atoms with Crippen molar-refractivity contribution in [2.24, 2.45) is 0 Å². The van der Waals surface area contributed by atoms with Gasteiger partial charge in [-0.2, -0.15) is 0 Å². The summed E-state index contributed by atoms with van der Waals surface area (Å²) in [6.45, 7) is 0. The van der Waals surface area contributed by atoms with Crippen molar-refractivity contribution < 1.29 is 8.60 Å². The van der Waals surface area contributed by atoms with Gasteiger partial charge in [0.1, 0.15) is 10.8 Å². The molecule has 3 rings (SSSR count). The van der Waals surface area contributed by atoms with Crippen molar-refractivity contribution in [1.82, 2.24) is 4.98 Å². The molecule has 0 amide bonds. The third-order valence-corrected chi connectivity index (χ3v) is 4.85. The lowest BCUT2D eigenvalue weighted by molar-refractivity contribution is 0.629. The molecule has 3 aromatic rings. The van der Waals surface area contributed by atoms with Crippen LogP contribution in [0.3, 0.4) is 0 Å². The van der Waals surface area contributed by atoms with E-state index in [-0.39, 0.29) is 21.0 Å². The smallest absolute Gasteiger partial charge is 0.198 e. The second-order valence-corrected chi connectivity index (χ2v) is 7.09. The van der Waals surface area contributed by atoms with Gasteiger partial charge in [0.2, 0.25) is 0 Å². The number of hydrogen-bond acceptors (Lipinski definition) is 2. The van der Waals surface area contributed by atoms with E-state index in [0.717, 1.165) is 6.07 Å². The summed E-state index contributed by atoms with van der Waals surface area (Å²) in [5.41, 5.74) is 0.530. The average Bonchev–Trinajstić information content (AvgIpc) is 2.48. The van der Waals surface area contributed by atoms with Crippen LogP contribution in [0, 0.1) is 5.82 Å². The Hall–Kier alpha value is -1.69. The number of rotatable bonds is 2. The first-order valence-corrected chi connectivity index (χ1v) is 8.84. The van der Waals surface area contributed by atoms with Gasteiger partial charge in [0, 0.05) is 22.2 Å². The zero-order chi connectivity index (χ0) is 16.7. The Morgan fingerprint density at radius 3 is 2.52 bits per heavy atom. The Morgan fingerprint density at radius 1 is 1.13 bits per heavy atom. The Labute approximate surface area is 143 Å². The Bertz CT molecular complexity index is 1020. The van der Waals surface area contributed by atoms with Crippen LogP contribution in [0.25, 0.3) is 22.0 Å². The first-order chi connectivity index (χ1) is 10.9. The quantitative estimate of drug-likeness (QED) is 0.728. The highest BCUT2D eigenvalue weighted by atomic mass is 35.5. The molecule has 0 bridgehead atoms. The van der Waals surface area contributed by atoms with Crippen LogP contribution in [0.2, 0.25) is 10.0 Å². The number of aromatic amines is 1. The van der Waals surface area contributed by atoms with Crippen molar-refractivity contribution in [3.63, 3.8) is 0 Å². The molecule has 118 valence electrons. The van der Waals surface area contributed by atoms with E-state index < -0.39 is 22.0 Å². The molecule has 1 aromatic heterocycles. The van der Waals surface area contributed by atoms with Crippen molar-refractivity contribution in [1.29, 1.82) is 0 Å². The molecule has 1 unspecified atom stereocenters. The summed E-state index contributed by atoms with van der Waals surface area (Å²) >= 11 is 12.1. The van der Waals surface area contributed by atoms with E-state index in [9.17, 15) is 13.4 Å². The van der Waals surface area contributed by atoms with Crippen LogP contribution in [0.4, 0.5) is 4.39 Å². The molecule has 23 heavy (non-hydrogen) atoms. The maximum atomic E-state index is 13.5. The van der Waals surface area contributed by atoms with Gasteiger partial charge in [-0.05, 0) is 30.3 Å². The number of hydrogen-bond donors (Lipinski definition) is 1. The maximum absolute atomic E-state index is 13.5. The molecule has 0 saturated carbocycles. The van der Waals surface area contributed by atoms with Gasteiger partial charge >= 0.3 is 0 Å². The average molecular weight is 370 g/mol. The molecule has 0 aliphatic rings. The van der Waals surface area contributed by atoms with Gasteiger partial charge in [-0.15, -0.1) is 0 Å². The monoisotopic (exact) mass is 369 g/mol. The highest BCUT2D eigenvalue weighted by Crippen LogP contribution is 2.32. The van der Waals surface area contributed by atoms with Crippen LogP contribution in [0.15, 0.2) is 46.2 Å². The molecular formula is C16H10Cl2FNO2S. The lowest BCUT2D eigenvalue weighted by Crippen LogP contribution is -2.12. The van der Waals surface area contributed by atoms with E-state index in [1.165, 1.54) is 24.5 Å². The summed E-state index contributed by atoms with van der Waals surface area (Å²) in [5.74, 6) is -0.526. The van der Waals surface area contributed by atoms with Crippen molar-refractivity contribution in [3.8, 4) is 11.1 Å². The SMILES string of the molecule is CS(=O)c1[nH]c2ccc(F)cc2c(=O)c1-c1ccc(Cl)cc1Cl. The van der Waals surface area contributed by atoms with Gasteiger partial charge in [-0.3, -0.25) is 9.00 Å². The summed E-state index contributed by atoms with van der Waals surface area (Å²) in [6, 6.07) is 8.47. The topological polar surface area (TPSA) is 49.9 Å². The van der Waals surface area contributed by atoms with E-state index in [1.54, 1.807) is 12.1 Å². The number of aromatic nitrogens is 1. The molecule has 7 heteroatoms. The molecule has 1 N–H and O–H groups in total. The number of benzene rings is 2. The molecule has 1 atom stereocenters. The Kier molecular flexibility index (Phi) is 4.27. The van der Waals surface area contributed by atoms with E-state index in [4.69, 9.17) is 23.2 Å². The minimum atomic E-state index is -1.47. The molecule has 3 nitrogen and oxygen atoms in total. The standard InChI is InChI=1S/C16H10Cl2FNO2S/c1-23(22)16-14(10-4-2-8(17)6-12(10)18)15(21)11-7-9(19)3-5-13(11)20-16/h2-7H,1H3,(H,20,21). The maximum Gasteiger partial charge on any atom is 0.198 e. The van der Waals surface area contributed by atoms with Gasteiger partial charge in [-0.25, -0.2) is 4.39 Å². The fourth-order valence-corrected chi connectivity index (χ4v) is 3.64. The largest absolute Gasteiger partial charge is 0.347 e. The molecule has 0 radical (unpaired) electrons. The van der Waals surface area contributed by atoms with Crippen LogP contribution in [0.5, 0.6) is 0 Å². The highest BCUT2D eigenvalue weighted by molar-refractivity contribution is 7.84. The molecule has 0 spiro atoms. The van der Waals surface area contributed by atoms with Crippen LogP contribution < -0.4 is 5.43 Å². The second kappa shape index (κ2) is 6.07. The first-order valence-electron chi connectivity index (χ1n) is 6.53. The first kappa shape index (κ1) is 16.2. The number of pyridine rings is 1. The van der Waals surface area contributed by atoms with Crippen LogP contribution >= 0.6 is 23.2 Å². The van der Waals surface area contributed by atoms with Gasteiger partial charge in [0.05, 0.1) is 26.9 Å². The van der Waals surface area contributed by atoms with E-state index >= 15 is 0 Å². The molecular weight excluding hydrogens is 360 g/mol. The summed E-state index contributed by atoms with van der Waals surface area (Å²) in [5, 5.41) is 1.07. The van der Waals surface area contributed by atoms with Crippen LogP contribution in [0.1, 0.15) is 0 Å². The summed E-state index contributed by atoms with van der Waals surface area (Å²) in [7, 11) is -1.47. The molecule has 0 fully saturated rings. The van der Waals surface area contributed by atoms with Gasteiger partial charge < -0.3 is 4.98 Å². The molecule has 0 aliphatic heterocycles. The molecule has 1 heterocycles. The minimum absolute atomic E-state index is 0.158. The highest BCUT2D eigenvalue weighted by Gasteiger charge is 2.19. The number of fused-ring (bicyclic) bond motifs is 1. The summed E-state index contributed by atoms with van der Waals surface area (Å²) < 4.78 is 25.6. The van der Waals surface area contributed by atoms with Crippen molar-refractivity contribution in [2.75, 3.05) is 6.26 Å². The zero-order valence-corrected chi connectivity index (χ0v) is 14.2. The van der Waals surface area contributed by atoms with Gasteiger partial charge in [-0.1, -0.05) is 29.3 Å². The predicted octanol–water partition coefficient (Wildman–Crippen LogP) is 4.38. The van der Waals surface area contributed by atoms with E-state index in [2.05, 4.69) is 4.98 Å². The van der Waals surface area contributed by atoms with E-state index in [1.807, 2.05) is 0 Å². The minimum Gasteiger partial charge on any atom is -0.347 e. The molecule has 0 saturated heterocycles. The fourth-order valence-electron chi connectivity index (χ4n) is 2.39. The van der Waals surface area contributed by atoms with Crippen LogP contribution in [-0.4, -0.2) is 15.4 Å². The lowest BCUT2D eigenvalue weighted by atomic mass is 10.0. The summed E-state index contributed by atoms with van der Waals surface area (Å²) in [6.07, 6.45) is 1.45. The second-order valence-electron chi connectivity index (χ2n) is 4.93. The molecule has 0 aliphatic carbocycles. The predicted molar refractivity (Wildman–Crippen MR) is 92.3 cm³/mol. The lowest BCUT2D eigenvalue weighted by Gasteiger charge is -2.11. The Balaban J connectivity index is 2.47. The fraction of sp³-hybridized carbons (Fsp3) is 0.0625. The number of H-pyrrole nitrogens is 1. The van der Waals surface area contributed by atoms with Crippen molar-refractivity contribution >= 4 is 44.9 Å². The number of halogens is 3.